The normalized spacial score (nSPS) is 18.7. The van der Waals surface area contributed by atoms with Gasteiger partial charge in [-0.25, -0.2) is 4.39 Å². The molecule has 2 aromatic carbocycles. The molecule has 7 heteroatoms. The van der Waals surface area contributed by atoms with E-state index in [2.05, 4.69) is 28.2 Å². The van der Waals surface area contributed by atoms with Gasteiger partial charge in [-0.3, -0.25) is 14.9 Å². The summed E-state index contributed by atoms with van der Waals surface area (Å²) >= 11 is 0. The molecule has 168 valence electrons. The smallest absolute Gasteiger partial charge is 0.259 e. The van der Waals surface area contributed by atoms with Crippen LogP contribution in [0.3, 0.4) is 0 Å². The Morgan fingerprint density at radius 1 is 1.06 bits per heavy atom. The maximum absolute atomic E-state index is 15.1. The van der Waals surface area contributed by atoms with Crippen LogP contribution in [-0.2, 0) is 16.0 Å². The van der Waals surface area contributed by atoms with Gasteiger partial charge in [0.15, 0.2) is 0 Å². The van der Waals surface area contributed by atoms with Crippen molar-refractivity contribution in [3.05, 3.63) is 64.6 Å². The predicted octanol–water partition coefficient (Wildman–Crippen LogP) is 3.52. The molecular formula is C26H24FN3O3. The van der Waals surface area contributed by atoms with Crippen molar-refractivity contribution >= 4 is 33.9 Å². The number of fused-ring (bicyclic) bond motifs is 2. The number of ether oxygens (including phenoxy) is 1. The van der Waals surface area contributed by atoms with E-state index in [4.69, 9.17) is 4.74 Å². The lowest BCUT2D eigenvalue weighted by molar-refractivity contribution is -0.122. The number of nitrogens with zero attached hydrogens (tertiary/aromatic N) is 1. The molecule has 0 radical (unpaired) electrons. The number of aryl methyl sites for hydroxylation is 1. The third-order valence-electron chi connectivity index (χ3n) is 7.01. The molecule has 2 N–H and O–H groups in total. The molecule has 1 aromatic heterocycles. The molecule has 6 nitrogen and oxygen atoms in total. The molecule has 1 fully saturated rings. The van der Waals surface area contributed by atoms with Gasteiger partial charge in [0.25, 0.3) is 11.8 Å². The summed E-state index contributed by atoms with van der Waals surface area (Å²) in [7, 11) is 0. The number of rotatable bonds is 3. The van der Waals surface area contributed by atoms with E-state index in [-0.39, 0.29) is 22.8 Å². The molecule has 0 spiro atoms. The minimum absolute atomic E-state index is 0.0575. The molecule has 3 aliphatic heterocycles. The fraction of sp³-hybridized carbons (Fsp3) is 0.308. The first-order valence-electron chi connectivity index (χ1n) is 11.4. The summed E-state index contributed by atoms with van der Waals surface area (Å²) in [6, 6.07) is 9.30. The van der Waals surface area contributed by atoms with E-state index in [1.807, 2.05) is 18.3 Å². The first-order chi connectivity index (χ1) is 16.0. The summed E-state index contributed by atoms with van der Waals surface area (Å²) in [6.07, 6.45) is 4.57. The lowest BCUT2D eigenvalue weighted by Crippen LogP contribution is -2.29. The van der Waals surface area contributed by atoms with Gasteiger partial charge in [-0.2, -0.15) is 0 Å². The quantitative estimate of drug-likeness (QED) is 0.606. The van der Waals surface area contributed by atoms with Crippen molar-refractivity contribution in [2.24, 2.45) is 0 Å². The second-order valence-electron chi connectivity index (χ2n) is 8.94. The highest BCUT2D eigenvalue weighted by Crippen LogP contribution is 2.43. The maximum Gasteiger partial charge on any atom is 0.259 e. The third-order valence-corrected chi connectivity index (χ3v) is 7.01. The van der Waals surface area contributed by atoms with Gasteiger partial charge < -0.3 is 14.6 Å². The Labute approximate surface area is 190 Å². The van der Waals surface area contributed by atoms with Crippen molar-refractivity contribution in [2.75, 3.05) is 19.7 Å². The Bertz CT molecular complexity index is 1360. The van der Waals surface area contributed by atoms with Gasteiger partial charge in [-0.1, -0.05) is 24.3 Å². The number of aromatic nitrogens is 1. The summed E-state index contributed by atoms with van der Waals surface area (Å²) in [5.41, 5.74) is 4.00. The Morgan fingerprint density at radius 3 is 2.67 bits per heavy atom. The van der Waals surface area contributed by atoms with Gasteiger partial charge in [-0.05, 0) is 50.0 Å². The maximum atomic E-state index is 15.1. The van der Waals surface area contributed by atoms with E-state index in [0.29, 0.717) is 24.3 Å². The first kappa shape index (κ1) is 20.2. The van der Waals surface area contributed by atoms with Gasteiger partial charge in [0.2, 0.25) is 0 Å². The Balaban J connectivity index is 1.64. The zero-order chi connectivity index (χ0) is 22.7. The number of hydrogen-bond acceptors (Lipinski definition) is 4. The second kappa shape index (κ2) is 7.56. The number of hydrogen-bond donors (Lipinski definition) is 2. The Morgan fingerprint density at radius 2 is 1.85 bits per heavy atom. The lowest BCUT2D eigenvalue weighted by Gasteiger charge is -2.25. The van der Waals surface area contributed by atoms with E-state index >= 15 is 4.39 Å². The highest BCUT2D eigenvalue weighted by molar-refractivity contribution is 6.50. The Kier molecular flexibility index (Phi) is 4.62. The monoisotopic (exact) mass is 445 g/mol. The highest BCUT2D eigenvalue weighted by Gasteiger charge is 2.38. The summed E-state index contributed by atoms with van der Waals surface area (Å²) in [4.78, 5) is 26.1. The number of piperidine rings is 1. The fourth-order valence-corrected chi connectivity index (χ4v) is 5.47. The average molecular weight is 445 g/mol. The van der Waals surface area contributed by atoms with Crippen LogP contribution in [0.5, 0.6) is 5.75 Å². The molecule has 2 amide bonds. The van der Waals surface area contributed by atoms with Crippen LogP contribution in [0.25, 0.3) is 22.0 Å². The third kappa shape index (κ3) is 3.03. The zero-order valence-corrected chi connectivity index (χ0v) is 18.3. The largest absolute Gasteiger partial charge is 0.492 e. The molecule has 0 saturated carbocycles. The number of carbonyl (C=O) groups excluding carboxylic acids is 2. The van der Waals surface area contributed by atoms with Gasteiger partial charge in [0, 0.05) is 29.6 Å². The van der Waals surface area contributed by atoms with Crippen LogP contribution in [0.15, 0.2) is 36.5 Å². The van der Waals surface area contributed by atoms with Crippen LogP contribution >= 0.6 is 0 Å². The van der Waals surface area contributed by atoms with Crippen molar-refractivity contribution in [1.82, 2.24) is 15.2 Å². The van der Waals surface area contributed by atoms with Crippen molar-refractivity contribution in [3.63, 3.8) is 0 Å². The van der Waals surface area contributed by atoms with Crippen molar-refractivity contribution in [1.29, 1.82) is 0 Å². The molecule has 0 bridgehead atoms. The fourth-order valence-electron chi connectivity index (χ4n) is 5.47. The van der Waals surface area contributed by atoms with Gasteiger partial charge in [0.05, 0.1) is 28.8 Å². The summed E-state index contributed by atoms with van der Waals surface area (Å²) in [5, 5.41) is 6.69. The number of nitrogens with one attached hydrogen (secondary N) is 2. The van der Waals surface area contributed by atoms with Crippen LogP contribution in [0.4, 0.5) is 4.39 Å². The molecule has 3 aromatic rings. The molecule has 6 rings (SSSR count). The Hall–Kier alpha value is -3.45. The first-order valence-corrected chi connectivity index (χ1v) is 11.4. The summed E-state index contributed by atoms with van der Waals surface area (Å²) in [5.74, 6) is -1.29. The van der Waals surface area contributed by atoms with Gasteiger partial charge in [0.1, 0.15) is 11.6 Å². The van der Waals surface area contributed by atoms with E-state index < -0.39 is 17.6 Å². The van der Waals surface area contributed by atoms with E-state index in [1.165, 1.54) is 6.07 Å². The van der Waals surface area contributed by atoms with Crippen LogP contribution < -0.4 is 15.4 Å². The molecule has 1 saturated heterocycles. The molecule has 0 aliphatic carbocycles. The van der Waals surface area contributed by atoms with E-state index in [1.54, 1.807) is 6.07 Å². The van der Waals surface area contributed by atoms with Gasteiger partial charge in [-0.15, -0.1) is 0 Å². The second-order valence-corrected chi connectivity index (χ2v) is 8.94. The molecule has 33 heavy (non-hydrogen) atoms. The van der Waals surface area contributed by atoms with Crippen molar-refractivity contribution in [2.45, 2.75) is 32.2 Å². The molecule has 0 unspecified atom stereocenters. The molecule has 3 aliphatic rings. The number of amides is 2. The van der Waals surface area contributed by atoms with E-state index in [9.17, 15) is 9.59 Å². The van der Waals surface area contributed by atoms with Crippen LogP contribution in [0.1, 0.15) is 41.1 Å². The number of carbonyl (C=O) groups is 2. The number of benzene rings is 2. The van der Waals surface area contributed by atoms with Crippen molar-refractivity contribution < 1.29 is 18.7 Å². The number of halogens is 1. The average Bonchev–Trinajstić information content (AvgIpc) is 3.50. The minimum Gasteiger partial charge on any atom is -0.492 e. The van der Waals surface area contributed by atoms with Crippen molar-refractivity contribution in [3.8, 4) is 5.75 Å². The van der Waals surface area contributed by atoms with E-state index in [0.717, 1.165) is 48.0 Å². The zero-order valence-electron chi connectivity index (χ0n) is 18.3. The summed E-state index contributed by atoms with van der Waals surface area (Å²) in [6.45, 7) is 4.34. The number of para-hydroxylation sites is 1. The number of imide groups is 1. The minimum atomic E-state index is -0.590. The van der Waals surface area contributed by atoms with Gasteiger partial charge >= 0.3 is 0 Å². The lowest BCUT2D eigenvalue weighted by atomic mass is 9.93. The van der Waals surface area contributed by atoms with Crippen LogP contribution in [-0.4, -0.2) is 36.1 Å². The topological polar surface area (TPSA) is 72.4 Å². The highest BCUT2D eigenvalue weighted by atomic mass is 19.1. The standard InChI is InChI=1S/C26H24FN3O3/c1-14-3-2-4-17-18(13-30(23(14)17)16-7-10-28-11-8-16)20-22(26(32)29-25(20)31)21-19(27)6-5-15-9-12-33-24(15)21/h2-6,13,16,28H,7-12H2,1H3,(H,29,31,32). The van der Waals surface area contributed by atoms with Crippen LogP contribution in [0.2, 0.25) is 0 Å². The molecular weight excluding hydrogens is 421 g/mol. The summed E-state index contributed by atoms with van der Waals surface area (Å²) < 4.78 is 23.1. The SMILES string of the molecule is Cc1cccc2c(C3=C(c4c(F)ccc5c4OCC5)C(=O)NC3=O)cn(C3CCNCC3)c12. The molecule has 4 heterocycles. The van der Waals surface area contributed by atoms with Crippen LogP contribution in [0, 0.1) is 12.7 Å². The predicted molar refractivity (Wildman–Crippen MR) is 123 cm³/mol. The molecule has 0 atom stereocenters.